The molecule has 62 heavy (non-hydrogen) atoms. The van der Waals surface area contributed by atoms with Gasteiger partial charge >= 0.3 is 0 Å². The molecule has 0 amide bonds. The zero-order valence-electron chi connectivity index (χ0n) is 33.5. The number of aromatic nitrogens is 5. The van der Waals surface area contributed by atoms with Gasteiger partial charge in [0.1, 0.15) is 0 Å². The molecule has 2 aromatic heterocycles. The number of hydrogen-bond acceptors (Lipinski definition) is 6. The molecule has 10 rings (SSSR count). The summed E-state index contributed by atoms with van der Waals surface area (Å²) in [5, 5.41) is 9.48. The van der Waals surface area contributed by atoms with E-state index in [0.29, 0.717) is 28.9 Å². The molecule has 6 heteroatoms. The van der Waals surface area contributed by atoms with Crippen LogP contribution in [0, 0.1) is 11.3 Å². The van der Waals surface area contributed by atoms with Crippen LogP contribution in [0.1, 0.15) is 5.56 Å². The zero-order chi connectivity index (χ0) is 41.7. The molecule has 0 aliphatic carbocycles. The topological polar surface area (TPSA) is 88.2 Å². The Hall–Kier alpha value is -8.66. The van der Waals surface area contributed by atoms with Gasteiger partial charge in [-0.05, 0) is 51.6 Å². The first kappa shape index (κ1) is 37.6. The predicted molar refractivity (Wildman–Crippen MR) is 249 cm³/mol. The first-order valence-electron chi connectivity index (χ1n) is 20.4. The Bertz CT molecular complexity index is 3170. The van der Waals surface area contributed by atoms with Crippen LogP contribution in [0.25, 0.3) is 101 Å². The van der Waals surface area contributed by atoms with Crippen molar-refractivity contribution in [2.75, 3.05) is 0 Å². The summed E-state index contributed by atoms with van der Waals surface area (Å²) in [6.45, 7) is 0. The number of rotatable bonds is 9. The van der Waals surface area contributed by atoms with Crippen molar-refractivity contribution in [2.45, 2.75) is 0 Å². The van der Waals surface area contributed by atoms with Gasteiger partial charge in [0.05, 0.1) is 23.0 Å². The van der Waals surface area contributed by atoms with Crippen LogP contribution in [0.4, 0.5) is 0 Å². The monoisotopic (exact) mass is 792 g/mol. The molecule has 0 aliphatic heterocycles. The van der Waals surface area contributed by atoms with E-state index in [0.717, 1.165) is 78.1 Å². The Labute approximate surface area is 360 Å². The zero-order valence-corrected chi connectivity index (χ0v) is 33.5. The lowest BCUT2D eigenvalue weighted by molar-refractivity contribution is 1.07. The molecule has 0 unspecified atom stereocenters. The Morgan fingerprint density at radius 2 is 0.613 bits per heavy atom. The smallest absolute Gasteiger partial charge is 0.164 e. The van der Waals surface area contributed by atoms with E-state index >= 15 is 0 Å². The van der Waals surface area contributed by atoms with Crippen LogP contribution in [0.2, 0.25) is 0 Å². The maximum atomic E-state index is 9.48. The van der Waals surface area contributed by atoms with Crippen molar-refractivity contribution >= 4 is 0 Å². The molecule has 0 atom stereocenters. The second-order valence-electron chi connectivity index (χ2n) is 14.8. The summed E-state index contributed by atoms with van der Waals surface area (Å²) in [5.74, 6) is 2.34. The van der Waals surface area contributed by atoms with E-state index in [4.69, 9.17) is 24.9 Å². The van der Waals surface area contributed by atoms with Crippen molar-refractivity contribution in [1.82, 2.24) is 24.9 Å². The van der Waals surface area contributed by atoms with Crippen LogP contribution in [0.5, 0.6) is 0 Å². The van der Waals surface area contributed by atoms with Crippen molar-refractivity contribution < 1.29 is 0 Å². The average molecular weight is 793 g/mol. The first-order chi connectivity index (χ1) is 30.7. The highest BCUT2D eigenvalue weighted by Crippen LogP contribution is 2.41. The van der Waals surface area contributed by atoms with Gasteiger partial charge in [-0.3, -0.25) is 0 Å². The predicted octanol–water partition coefficient (Wildman–Crippen LogP) is 13.5. The summed E-state index contributed by atoms with van der Waals surface area (Å²) >= 11 is 0. The van der Waals surface area contributed by atoms with Crippen LogP contribution in [-0.2, 0) is 0 Å². The van der Waals surface area contributed by atoms with Crippen LogP contribution in [0.15, 0.2) is 218 Å². The molecule has 0 aliphatic rings. The summed E-state index contributed by atoms with van der Waals surface area (Å²) in [6, 6.07) is 75.7. The molecule has 0 spiro atoms. The lowest BCUT2D eigenvalue weighted by atomic mass is 9.89. The highest BCUT2D eigenvalue weighted by Gasteiger charge is 2.20. The number of nitrogens with zero attached hydrogens (tertiary/aromatic N) is 6. The summed E-state index contributed by atoms with van der Waals surface area (Å²) < 4.78 is 0. The maximum absolute atomic E-state index is 9.48. The summed E-state index contributed by atoms with van der Waals surface area (Å²) in [5.41, 5.74) is 13.9. The second-order valence-corrected chi connectivity index (χ2v) is 14.8. The molecule has 10 aromatic rings. The molecule has 2 heterocycles. The van der Waals surface area contributed by atoms with Gasteiger partial charge in [-0.25, -0.2) is 24.9 Å². The van der Waals surface area contributed by atoms with E-state index in [1.807, 2.05) is 127 Å². The van der Waals surface area contributed by atoms with Gasteiger partial charge in [0.2, 0.25) is 0 Å². The van der Waals surface area contributed by atoms with E-state index in [1.165, 1.54) is 0 Å². The minimum absolute atomic E-state index is 0.560. The molecular weight excluding hydrogens is 757 g/mol. The van der Waals surface area contributed by atoms with E-state index in [-0.39, 0.29) is 0 Å². The summed E-state index contributed by atoms with van der Waals surface area (Å²) in [6.07, 6.45) is 0. The Morgan fingerprint density at radius 1 is 0.258 bits per heavy atom. The Kier molecular flexibility index (Phi) is 10.3. The van der Waals surface area contributed by atoms with E-state index < -0.39 is 0 Å². The fourth-order valence-corrected chi connectivity index (χ4v) is 7.78. The summed E-state index contributed by atoms with van der Waals surface area (Å²) in [4.78, 5) is 25.8. The lowest BCUT2D eigenvalue weighted by Crippen LogP contribution is -2.01. The van der Waals surface area contributed by atoms with Crippen LogP contribution in [0.3, 0.4) is 0 Å². The second kappa shape index (κ2) is 16.9. The number of benzene rings is 8. The fraction of sp³-hybridized carbons (Fsp3) is 0. The third kappa shape index (κ3) is 7.66. The Morgan fingerprint density at radius 3 is 1.10 bits per heavy atom. The van der Waals surface area contributed by atoms with Crippen LogP contribution in [-0.4, -0.2) is 24.9 Å². The Balaban J connectivity index is 1.11. The van der Waals surface area contributed by atoms with Gasteiger partial charge in [0.25, 0.3) is 0 Å². The average Bonchev–Trinajstić information content (AvgIpc) is 3.37. The van der Waals surface area contributed by atoms with Crippen LogP contribution >= 0.6 is 0 Å². The van der Waals surface area contributed by atoms with Gasteiger partial charge in [0.15, 0.2) is 23.3 Å². The first-order valence-corrected chi connectivity index (χ1v) is 20.4. The molecule has 0 radical (unpaired) electrons. The fourth-order valence-electron chi connectivity index (χ4n) is 7.78. The molecule has 0 saturated carbocycles. The lowest BCUT2D eigenvalue weighted by Gasteiger charge is -2.17. The molecular formula is C56H36N6. The highest BCUT2D eigenvalue weighted by atomic mass is 15.0. The van der Waals surface area contributed by atoms with Gasteiger partial charge < -0.3 is 0 Å². The minimum Gasteiger partial charge on any atom is -0.228 e. The van der Waals surface area contributed by atoms with Crippen molar-refractivity contribution in [2.24, 2.45) is 0 Å². The van der Waals surface area contributed by atoms with Crippen molar-refractivity contribution in [3.8, 4) is 108 Å². The summed E-state index contributed by atoms with van der Waals surface area (Å²) in [7, 11) is 0. The van der Waals surface area contributed by atoms with Gasteiger partial charge in [0, 0.05) is 33.4 Å². The van der Waals surface area contributed by atoms with Gasteiger partial charge in [-0.2, -0.15) is 5.26 Å². The standard InChI is InChI=1S/C56H36N6/c57-37-38-17-16-24-44(35-38)39-31-33-43(34-32-39)54-60-53(42-22-8-3-9-23-42)61-56(62-54)50-30-15-13-28-48(50)46-26-11-10-25-45(46)47-27-12-14-29-49(47)55-58-51(40-18-4-1-5-19-40)36-52(59-55)41-20-6-2-7-21-41/h1-36H. The van der Waals surface area contributed by atoms with Gasteiger partial charge in [-0.15, -0.1) is 0 Å². The normalized spacial score (nSPS) is 10.9. The van der Waals surface area contributed by atoms with Crippen LogP contribution < -0.4 is 0 Å². The van der Waals surface area contributed by atoms with Gasteiger partial charge in [-0.1, -0.05) is 200 Å². The molecule has 0 bridgehead atoms. The van der Waals surface area contributed by atoms with Crippen molar-refractivity contribution in [3.05, 3.63) is 224 Å². The minimum atomic E-state index is 0.560. The van der Waals surface area contributed by atoms with E-state index in [1.54, 1.807) is 0 Å². The molecule has 290 valence electrons. The molecule has 6 nitrogen and oxygen atoms in total. The van der Waals surface area contributed by atoms with Crippen molar-refractivity contribution in [1.29, 1.82) is 5.26 Å². The van der Waals surface area contributed by atoms with Crippen molar-refractivity contribution in [3.63, 3.8) is 0 Å². The van der Waals surface area contributed by atoms with E-state index in [2.05, 4.69) is 97.1 Å². The van der Waals surface area contributed by atoms with E-state index in [9.17, 15) is 5.26 Å². The molecule has 0 N–H and O–H groups in total. The molecule has 0 fully saturated rings. The third-order valence-corrected chi connectivity index (χ3v) is 10.8. The third-order valence-electron chi connectivity index (χ3n) is 10.8. The maximum Gasteiger partial charge on any atom is 0.164 e. The quantitative estimate of drug-likeness (QED) is 0.145. The molecule has 0 saturated heterocycles. The highest BCUT2D eigenvalue weighted by molar-refractivity contribution is 5.95. The SMILES string of the molecule is N#Cc1cccc(-c2ccc(-c3nc(-c4ccccc4)nc(-c4ccccc4-c4ccccc4-c4ccccc4-c4nc(-c5ccccc5)cc(-c5ccccc5)n4)n3)cc2)c1. The number of nitriles is 1. The number of hydrogen-bond donors (Lipinski definition) is 0. The largest absolute Gasteiger partial charge is 0.228 e. The molecule has 8 aromatic carbocycles.